The molecule has 5 rings (SSSR count). The number of para-hydroxylation sites is 1. The average Bonchev–Trinajstić information content (AvgIpc) is 3.13. The summed E-state index contributed by atoms with van der Waals surface area (Å²) in [6.07, 6.45) is 0.556. The minimum Gasteiger partial charge on any atom is -0.841 e. The summed E-state index contributed by atoms with van der Waals surface area (Å²) in [7, 11) is 3.27. The minimum atomic E-state index is -0.933. The van der Waals surface area contributed by atoms with Crippen molar-refractivity contribution in [3.05, 3.63) is 60.2 Å². The quantitative estimate of drug-likeness (QED) is 0.479. The molecule has 154 valence electrons. The molecule has 3 unspecified atom stereocenters. The number of hydrogen-bond acceptors (Lipinski definition) is 6. The van der Waals surface area contributed by atoms with Crippen molar-refractivity contribution in [2.75, 3.05) is 19.1 Å². The lowest BCUT2D eigenvalue weighted by atomic mass is 9.77. The van der Waals surface area contributed by atoms with Crippen LogP contribution in [-0.4, -0.2) is 25.9 Å². The zero-order valence-corrected chi connectivity index (χ0v) is 17.8. The van der Waals surface area contributed by atoms with Crippen LogP contribution in [0.25, 0.3) is 10.4 Å². The summed E-state index contributed by atoms with van der Waals surface area (Å²) in [5.41, 5.74) is 0.759. The normalized spacial score (nSPS) is 23.9. The predicted octanol–water partition coefficient (Wildman–Crippen LogP) is 3.10. The number of esters is 1. The lowest BCUT2D eigenvalue weighted by Crippen LogP contribution is -2.72. The second kappa shape index (κ2) is 6.74. The van der Waals surface area contributed by atoms with E-state index in [-0.39, 0.29) is 11.8 Å². The van der Waals surface area contributed by atoms with Gasteiger partial charge >= 0.3 is 11.1 Å². The lowest BCUT2D eigenvalue weighted by molar-refractivity contribution is -0.747. The number of aromatic nitrogens is 1. The highest BCUT2D eigenvalue weighted by Crippen LogP contribution is 2.54. The third-order valence-electron chi connectivity index (χ3n) is 6.27. The van der Waals surface area contributed by atoms with E-state index in [2.05, 4.69) is 0 Å². The molecule has 30 heavy (non-hydrogen) atoms. The molecule has 0 saturated heterocycles. The van der Waals surface area contributed by atoms with Crippen molar-refractivity contribution in [2.24, 2.45) is 5.92 Å². The van der Waals surface area contributed by atoms with Gasteiger partial charge in [0.2, 0.25) is 0 Å². The second-order valence-electron chi connectivity index (χ2n) is 7.60. The topological polar surface area (TPSA) is 65.7 Å². The van der Waals surface area contributed by atoms with E-state index in [1.165, 1.54) is 18.4 Å². The Balaban J connectivity index is 1.83. The third-order valence-corrected chi connectivity index (χ3v) is 7.54. The number of carbonyl (C=O) groups excluding carboxylic acids is 1. The Bertz CT molecular complexity index is 1130. The van der Waals surface area contributed by atoms with Gasteiger partial charge in [0.1, 0.15) is 5.75 Å². The van der Waals surface area contributed by atoms with Crippen LogP contribution in [0.3, 0.4) is 0 Å². The first-order valence-electron chi connectivity index (χ1n) is 9.94. The Hall–Kier alpha value is -3.06. The van der Waals surface area contributed by atoms with Gasteiger partial charge in [0.05, 0.1) is 24.9 Å². The molecule has 0 aliphatic carbocycles. The predicted molar refractivity (Wildman–Crippen MR) is 112 cm³/mol. The van der Waals surface area contributed by atoms with E-state index in [9.17, 15) is 9.90 Å². The van der Waals surface area contributed by atoms with E-state index in [1.54, 1.807) is 4.57 Å². The molecule has 3 atom stereocenters. The zero-order chi connectivity index (χ0) is 21.0. The Morgan fingerprint density at radius 1 is 1.23 bits per heavy atom. The summed E-state index contributed by atoms with van der Waals surface area (Å²) in [4.78, 5) is 15.7. The molecule has 2 aromatic carbocycles. The van der Waals surface area contributed by atoms with Crippen LogP contribution >= 0.6 is 11.3 Å². The van der Waals surface area contributed by atoms with Gasteiger partial charge in [-0.25, -0.2) is 9.47 Å². The number of fused-ring (bicyclic) bond motifs is 6. The van der Waals surface area contributed by atoms with E-state index in [1.807, 2.05) is 73.5 Å². The zero-order valence-electron chi connectivity index (χ0n) is 17.0. The summed E-state index contributed by atoms with van der Waals surface area (Å²) < 4.78 is 13.5. The Morgan fingerprint density at radius 2 is 1.93 bits per heavy atom. The van der Waals surface area contributed by atoms with Gasteiger partial charge in [0.25, 0.3) is 5.72 Å². The summed E-state index contributed by atoms with van der Waals surface area (Å²) in [6, 6.07) is 16.8. The number of rotatable bonds is 3. The van der Waals surface area contributed by atoms with E-state index in [0.29, 0.717) is 17.0 Å². The van der Waals surface area contributed by atoms with E-state index in [4.69, 9.17) is 9.47 Å². The summed E-state index contributed by atoms with van der Waals surface area (Å²) >= 11 is 1.43. The van der Waals surface area contributed by atoms with Gasteiger partial charge in [0, 0.05) is 12.0 Å². The van der Waals surface area contributed by atoms with Crippen molar-refractivity contribution in [1.29, 1.82) is 0 Å². The molecule has 0 spiro atoms. The van der Waals surface area contributed by atoms with Crippen molar-refractivity contribution in [3.63, 3.8) is 0 Å². The molecule has 1 aromatic heterocycles. The minimum absolute atomic E-state index is 0.103. The van der Waals surface area contributed by atoms with Gasteiger partial charge in [-0.2, -0.15) is 0 Å². The summed E-state index contributed by atoms with van der Waals surface area (Å²) in [6.45, 7) is 2.00. The first-order chi connectivity index (χ1) is 14.5. The largest absolute Gasteiger partial charge is 0.841 e. The lowest BCUT2D eigenvalue weighted by Gasteiger charge is -2.50. The van der Waals surface area contributed by atoms with E-state index in [0.717, 1.165) is 16.3 Å². The van der Waals surface area contributed by atoms with Gasteiger partial charge < -0.3 is 14.6 Å². The third kappa shape index (κ3) is 2.35. The molecule has 2 aliphatic heterocycles. The maximum absolute atomic E-state index is 13.7. The van der Waals surface area contributed by atoms with Gasteiger partial charge in [0.15, 0.2) is 12.0 Å². The number of carbonyl (C=O) groups is 1. The van der Waals surface area contributed by atoms with Crippen LogP contribution in [0.5, 0.6) is 11.6 Å². The van der Waals surface area contributed by atoms with Crippen molar-refractivity contribution in [2.45, 2.75) is 25.1 Å². The maximum Gasteiger partial charge on any atom is 0.339 e. The highest BCUT2D eigenvalue weighted by atomic mass is 32.1. The number of benzene rings is 2. The Kier molecular flexibility index (Phi) is 4.25. The fourth-order valence-electron chi connectivity index (χ4n) is 4.82. The molecule has 0 fully saturated rings. The first-order valence-corrected chi connectivity index (χ1v) is 10.8. The van der Waals surface area contributed by atoms with Gasteiger partial charge in [-0.05, 0) is 23.0 Å². The monoisotopic (exact) mass is 422 g/mol. The average molecular weight is 423 g/mol. The maximum atomic E-state index is 13.7. The highest BCUT2D eigenvalue weighted by Gasteiger charge is 2.66. The van der Waals surface area contributed by atoms with Crippen molar-refractivity contribution < 1.29 is 23.9 Å². The number of hydrogen-bond donors (Lipinski definition) is 0. The van der Waals surface area contributed by atoms with Crippen LogP contribution in [-0.2, 0) is 9.53 Å². The van der Waals surface area contributed by atoms with Crippen LogP contribution < -0.4 is 19.3 Å². The molecule has 3 heterocycles. The molecule has 0 N–H and O–H groups in total. The van der Waals surface area contributed by atoms with Crippen LogP contribution in [0.1, 0.15) is 24.9 Å². The number of nitrogens with zero attached hydrogens (tertiary/aromatic N) is 2. The van der Waals surface area contributed by atoms with Crippen molar-refractivity contribution >= 4 is 22.4 Å². The smallest absolute Gasteiger partial charge is 0.339 e. The first kappa shape index (κ1) is 18.9. The van der Waals surface area contributed by atoms with Crippen LogP contribution in [0.4, 0.5) is 5.13 Å². The number of anilines is 1. The molecule has 3 aromatic rings. The molecule has 2 bridgehead atoms. The number of methoxy groups -OCH3 is 1. The highest BCUT2D eigenvalue weighted by molar-refractivity contribution is 7.18. The number of thiazole rings is 1. The van der Waals surface area contributed by atoms with Gasteiger partial charge in [-0.15, -0.1) is 0 Å². The van der Waals surface area contributed by atoms with Crippen LogP contribution in [0.15, 0.2) is 54.6 Å². The second-order valence-corrected chi connectivity index (χ2v) is 8.58. The number of ether oxygens (including phenoxy) is 2. The standard InChI is InChI=1S/C23H22N2O4S/c1-4-23-17(21(27)28-3)18(15-12-8-9-13-16(15)29-23)25-20(26)19(30-22(25)24(23)2)14-10-6-5-7-11-14/h5-13,17-18H,4H2,1-3H3. The molecule has 7 heteroatoms. The molecule has 2 aliphatic rings. The van der Waals surface area contributed by atoms with E-state index >= 15 is 0 Å². The molecule has 6 nitrogen and oxygen atoms in total. The van der Waals surface area contributed by atoms with Crippen molar-refractivity contribution in [1.82, 2.24) is 0 Å². The van der Waals surface area contributed by atoms with Crippen molar-refractivity contribution in [3.8, 4) is 22.1 Å². The fraction of sp³-hybridized carbons (Fsp3) is 0.304. The van der Waals surface area contributed by atoms with Gasteiger partial charge in [-0.3, -0.25) is 4.79 Å². The van der Waals surface area contributed by atoms with E-state index < -0.39 is 17.7 Å². The molecular formula is C23H22N2O4S. The fourth-order valence-corrected chi connectivity index (χ4v) is 6.03. The molecule has 0 amide bonds. The van der Waals surface area contributed by atoms with Crippen LogP contribution in [0.2, 0.25) is 0 Å². The Morgan fingerprint density at radius 3 is 2.63 bits per heavy atom. The molecule has 0 radical (unpaired) electrons. The van der Waals surface area contributed by atoms with Crippen LogP contribution in [0, 0.1) is 5.92 Å². The molecular weight excluding hydrogens is 400 g/mol. The SMILES string of the molecule is CCC12Oc3ccccc3C(C1C(=O)OC)[n+]1c(sc(-c3ccccc3)c1[O-])N2C. The summed E-state index contributed by atoms with van der Waals surface area (Å²) in [5.74, 6) is -0.459. The summed E-state index contributed by atoms with van der Waals surface area (Å²) in [5, 5.41) is 14.5. The molecule has 0 saturated carbocycles. The van der Waals surface area contributed by atoms with Gasteiger partial charge in [-0.1, -0.05) is 55.5 Å². The Labute approximate surface area is 178 Å².